The normalized spacial score (nSPS) is 10.3. The molecule has 1 aromatic rings. The quantitative estimate of drug-likeness (QED) is 0.546. The van der Waals surface area contributed by atoms with Crippen molar-refractivity contribution in [3.05, 3.63) is 33.9 Å². The van der Waals surface area contributed by atoms with E-state index in [0.29, 0.717) is 6.42 Å². The lowest BCUT2D eigenvalue weighted by atomic mass is 9.92. The van der Waals surface area contributed by atoms with E-state index < -0.39 is 0 Å². The minimum atomic E-state index is 0.237. The fraction of sp³-hybridized carbons (Fsp3) is 0.417. The van der Waals surface area contributed by atoms with Gasteiger partial charge < -0.3 is 5.73 Å². The van der Waals surface area contributed by atoms with Crippen LogP contribution >= 0.6 is 0 Å². The lowest BCUT2D eigenvalue weighted by Gasteiger charge is -2.14. The van der Waals surface area contributed by atoms with E-state index in [1.165, 1.54) is 27.8 Å². The highest BCUT2D eigenvalue weighted by atomic mass is 14.7. The number of benzene rings is 1. The molecule has 0 amide bonds. The molecule has 0 saturated carbocycles. The summed E-state index contributed by atoms with van der Waals surface area (Å²) in [6.07, 6.45) is 0.570. The molecule has 0 spiro atoms. The Bertz CT molecular complexity index is 352. The molecule has 0 aliphatic carbocycles. The van der Waals surface area contributed by atoms with Gasteiger partial charge in [0.1, 0.15) is 0 Å². The van der Waals surface area contributed by atoms with Crippen LogP contribution in [0.15, 0.2) is 6.07 Å². The van der Waals surface area contributed by atoms with Crippen LogP contribution in [0.5, 0.6) is 0 Å². The van der Waals surface area contributed by atoms with Gasteiger partial charge in [-0.3, -0.25) is 5.41 Å². The number of rotatable bonds is 2. The Morgan fingerprint density at radius 2 is 1.57 bits per heavy atom. The third-order valence-electron chi connectivity index (χ3n) is 2.89. The monoisotopic (exact) mass is 190 g/mol. The molecule has 2 heteroatoms. The fourth-order valence-electron chi connectivity index (χ4n) is 1.75. The van der Waals surface area contributed by atoms with Gasteiger partial charge in [0.05, 0.1) is 5.84 Å². The van der Waals surface area contributed by atoms with Gasteiger partial charge in [-0.15, -0.1) is 0 Å². The number of nitrogens with two attached hydrogens (primary N) is 1. The second kappa shape index (κ2) is 3.82. The Balaban J connectivity index is 3.31. The molecule has 0 bridgehead atoms. The minimum Gasteiger partial charge on any atom is -0.387 e. The van der Waals surface area contributed by atoms with Crippen molar-refractivity contribution >= 4 is 5.84 Å². The highest BCUT2D eigenvalue weighted by molar-refractivity contribution is 5.80. The lowest BCUT2D eigenvalue weighted by molar-refractivity contribution is 1.12. The molecule has 0 fully saturated rings. The second-order valence-electron chi connectivity index (χ2n) is 3.94. The van der Waals surface area contributed by atoms with Crippen LogP contribution in [0.25, 0.3) is 0 Å². The Morgan fingerprint density at radius 3 is 1.93 bits per heavy atom. The zero-order chi connectivity index (χ0) is 10.9. The van der Waals surface area contributed by atoms with Crippen molar-refractivity contribution in [2.45, 2.75) is 34.1 Å². The smallest absolute Gasteiger partial charge is 0.0950 e. The molecule has 0 aliphatic heterocycles. The summed E-state index contributed by atoms with van der Waals surface area (Å²) in [7, 11) is 0. The zero-order valence-corrected chi connectivity index (χ0v) is 9.36. The molecule has 0 radical (unpaired) electrons. The summed E-state index contributed by atoms with van der Waals surface area (Å²) in [6, 6.07) is 2.19. The van der Waals surface area contributed by atoms with Crippen LogP contribution in [0.2, 0.25) is 0 Å². The largest absolute Gasteiger partial charge is 0.387 e. The highest BCUT2D eigenvalue weighted by Crippen LogP contribution is 2.21. The molecule has 0 heterocycles. The lowest BCUT2D eigenvalue weighted by Crippen LogP contribution is -2.15. The predicted molar refractivity (Wildman–Crippen MR) is 61.0 cm³/mol. The number of hydrogen-bond acceptors (Lipinski definition) is 1. The highest BCUT2D eigenvalue weighted by Gasteiger charge is 2.08. The van der Waals surface area contributed by atoms with Gasteiger partial charge >= 0.3 is 0 Å². The molecular weight excluding hydrogens is 172 g/mol. The van der Waals surface area contributed by atoms with Crippen molar-refractivity contribution in [2.75, 3.05) is 0 Å². The zero-order valence-electron chi connectivity index (χ0n) is 9.36. The standard InChI is InChI=1S/C12H18N2/c1-7-5-8(2)10(4)11(9(7)3)6-12(13)14/h5H,6H2,1-4H3,(H3,13,14). The van der Waals surface area contributed by atoms with Gasteiger partial charge in [0.2, 0.25) is 0 Å². The number of amidine groups is 1. The van der Waals surface area contributed by atoms with Crippen LogP contribution in [0.4, 0.5) is 0 Å². The maximum absolute atomic E-state index is 7.34. The van der Waals surface area contributed by atoms with Gasteiger partial charge in [0, 0.05) is 6.42 Å². The average molecular weight is 190 g/mol. The van der Waals surface area contributed by atoms with Gasteiger partial charge in [-0.1, -0.05) is 6.07 Å². The van der Waals surface area contributed by atoms with E-state index in [1.54, 1.807) is 0 Å². The first kappa shape index (κ1) is 10.8. The maximum atomic E-state index is 7.34. The van der Waals surface area contributed by atoms with Gasteiger partial charge in [0.15, 0.2) is 0 Å². The summed E-state index contributed by atoms with van der Waals surface area (Å²) in [5.41, 5.74) is 11.8. The summed E-state index contributed by atoms with van der Waals surface area (Å²) in [5, 5.41) is 7.34. The number of hydrogen-bond donors (Lipinski definition) is 2. The van der Waals surface area contributed by atoms with Crippen LogP contribution < -0.4 is 5.73 Å². The van der Waals surface area contributed by atoms with Gasteiger partial charge in [-0.05, 0) is 55.5 Å². The van der Waals surface area contributed by atoms with Gasteiger partial charge in [-0.2, -0.15) is 0 Å². The average Bonchev–Trinajstić information content (AvgIpc) is 2.09. The number of aryl methyl sites for hydroxylation is 2. The molecule has 0 aromatic heterocycles. The van der Waals surface area contributed by atoms with Crippen molar-refractivity contribution in [3.8, 4) is 0 Å². The van der Waals surface area contributed by atoms with Crippen LogP contribution in [0.1, 0.15) is 27.8 Å². The molecule has 76 valence electrons. The summed E-state index contributed by atoms with van der Waals surface area (Å²) < 4.78 is 0. The first-order valence-corrected chi connectivity index (χ1v) is 4.82. The minimum absolute atomic E-state index is 0.237. The third-order valence-corrected chi connectivity index (χ3v) is 2.89. The van der Waals surface area contributed by atoms with E-state index in [-0.39, 0.29) is 5.84 Å². The molecule has 0 saturated heterocycles. The molecule has 14 heavy (non-hydrogen) atoms. The van der Waals surface area contributed by atoms with Crippen molar-refractivity contribution in [2.24, 2.45) is 5.73 Å². The molecule has 3 N–H and O–H groups in total. The topological polar surface area (TPSA) is 49.9 Å². The van der Waals surface area contributed by atoms with Crippen molar-refractivity contribution in [1.29, 1.82) is 5.41 Å². The first-order valence-electron chi connectivity index (χ1n) is 4.82. The molecule has 2 nitrogen and oxygen atoms in total. The summed E-state index contributed by atoms with van der Waals surface area (Å²) in [6.45, 7) is 8.40. The van der Waals surface area contributed by atoms with Crippen LogP contribution in [-0.4, -0.2) is 5.84 Å². The summed E-state index contributed by atoms with van der Waals surface area (Å²) in [4.78, 5) is 0. The summed E-state index contributed by atoms with van der Waals surface area (Å²) in [5.74, 6) is 0.237. The van der Waals surface area contributed by atoms with Crippen LogP contribution in [0.3, 0.4) is 0 Å². The van der Waals surface area contributed by atoms with Crippen molar-refractivity contribution in [3.63, 3.8) is 0 Å². The fourth-order valence-corrected chi connectivity index (χ4v) is 1.75. The SMILES string of the molecule is Cc1cc(C)c(C)c(CC(=N)N)c1C. The van der Waals surface area contributed by atoms with Gasteiger partial charge in [-0.25, -0.2) is 0 Å². The molecule has 1 aromatic carbocycles. The van der Waals surface area contributed by atoms with Crippen molar-refractivity contribution in [1.82, 2.24) is 0 Å². The van der Waals surface area contributed by atoms with Gasteiger partial charge in [0.25, 0.3) is 0 Å². The molecule has 1 rings (SSSR count). The Kier molecular flexibility index (Phi) is 2.94. The van der Waals surface area contributed by atoms with Crippen LogP contribution in [-0.2, 0) is 6.42 Å². The van der Waals surface area contributed by atoms with E-state index >= 15 is 0 Å². The third kappa shape index (κ3) is 1.95. The van der Waals surface area contributed by atoms with Crippen LogP contribution in [0, 0.1) is 33.1 Å². The molecular formula is C12H18N2. The Labute approximate surface area is 85.6 Å². The van der Waals surface area contributed by atoms with E-state index in [4.69, 9.17) is 11.1 Å². The van der Waals surface area contributed by atoms with E-state index in [2.05, 4.69) is 33.8 Å². The Morgan fingerprint density at radius 1 is 1.14 bits per heavy atom. The maximum Gasteiger partial charge on any atom is 0.0950 e. The molecule has 0 unspecified atom stereocenters. The first-order chi connectivity index (χ1) is 6.43. The van der Waals surface area contributed by atoms with E-state index in [1.807, 2.05) is 0 Å². The summed E-state index contributed by atoms with van der Waals surface area (Å²) >= 11 is 0. The Hall–Kier alpha value is -1.31. The van der Waals surface area contributed by atoms with E-state index in [0.717, 1.165) is 0 Å². The van der Waals surface area contributed by atoms with E-state index in [9.17, 15) is 0 Å². The second-order valence-corrected chi connectivity index (χ2v) is 3.94. The molecule has 0 aliphatic rings. The predicted octanol–water partition coefficient (Wildman–Crippen LogP) is 2.40. The number of nitrogens with one attached hydrogen (secondary N) is 1. The van der Waals surface area contributed by atoms with Crippen molar-refractivity contribution < 1.29 is 0 Å². The molecule has 0 atom stereocenters.